The van der Waals surface area contributed by atoms with Crippen LogP contribution in [0.1, 0.15) is 11.7 Å². The minimum atomic E-state index is -0.0109. The molecule has 0 radical (unpaired) electrons. The van der Waals surface area contributed by atoms with Crippen LogP contribution in [0, 0.1) is 0 Å². The number of benzene rings is 1. The van der Waals surface area contributed by atoms with Crippen LogP contribution in [-0.4, -0.2) is 15.5 Å². The second-order valence-corrected chi connectivity index (χ2v) is 5.28. The van der Waals surface area contributed by atoms with Gasteiger partial charge in [-0.25, -0.2) is 0 Å². The van der Waals surface area contributed by atoms with E-state index in [1.54, 1.807) is 18.0 Å². The van der Waals surface area contributed by atoms with Crippen LogP contribution in [-0.2, 0) is 7.05 Å². The van der Waals surface area contributed by atoms with Crippen LogP contribution < -0.4 is 5.73 Å². The molecule has 2 rings (SSSR count). The number of rotatable bonds is 4. The summed E-state index contributed by atoms with van der Waals surface area (Å²) in [6.07, 6.45) is 1.77. The van der Waals surface area contributed by atoms with Gasteiger partial charge in [0.1, 0.15) is 0 Å². The van der Waals surface area contributed by atoms with E-state index in [1.807, 2.05) is 42.1 Å². The molecule has 0 aliphatic rings. The third kappa shape index (κ3) is 3.25. The number of aromatic nitrogens is 2. The first kappa shape index (κ1) is 12.5. The van der Waals surface area contributed by atoms with Gasteiger partial charge < -0.3 is 5.73 Å². The SMILES string of the molecule is Cn1nccc1C(N)CSc1ccc(Cl)cc1. The Balaban J connectivity index is 1.94. The highest BCUT2D eigenvalue weighted by molar-refractivity contribution is 7.99. The topological polar surface area (TPSA) is 43.8 Å². The van der Waals surface area contributed by atoms with E-state index in [0.717, 1.165) is 16.5 Å². The van der Waals surface area contributed by atoms with Crippen molar-refractivity contribution in [1.82, 2.24) is 9.78 Å². The van der Waals surface area contributed by atoms with Crippen molar-refractivity contribution in [2.75, 3.05) is 5.75 Å². The summed E-state index contributed by atoms with van der Waals surface area (Å²) in [5, 5.41) is 4.87. The second-order valence-electron chi connectivity index (χ2n) is 3.75. The molecule has 1 heterocycles. The molecule has 5 heteroatoms. The van der Waals surface area contributed by atoms with E-state index in [1.165, 1.54) is 4.90 Å². The first-order chi connectivity index (χ1) is 8.16. The van der Waals surface area contributed by atoms with Gasteiger partial charge >= 0.3 is 0 Å². The molecular weight excluding hydrogens is 254 g/mol. The fraction of sp³-hybridized carbons (Fsp3) is 0.250. The van der Waals surface area contributed by atoms with Crippen LogP contribution in [0.4, 0.5) is 0 Å². The van der Waals surface area contributed by atoms with Gasteiger partial charge in [-0.15, -0.1) is 11.8 Å². The lowest BCUT2D eigenvalue weighted by Gasteiger charge is -2.11. The van der Waals surface area contributed by atoms with Crippen LogP contribution in [0.15, 0.2) is 41.4 Å². The van der Waals surface area contributed by atoms with Gasteiger partial charge in [0, 0.05) is 28.9 Å². The van der Waals surface area contributed by atoms with Crippen molar-refractivity contribution in [1.29, 1.82) is 0 Å². The first-order valence-electron chi connectivity index (χ1n) is 5.28. The summed E-state index contributed by atoms with van der Waals surface area (Å²) in [6.45, 7) is 0. The Bertz CT molecular complexity index is 481. The Morgan fingerprint density at radius 2 is 2.06 bits per heavy atom. The number of halogens is 1. The van der Waals surface area contributed by atoms with E-state index >= 15 is 0 Å². The fourth-order valence-corrected chi connectivity index (χ4v) is 2.55. The molecule has 0 aliphatic heterocycles. The van der Waals surface area contributed by atoms with Gasteiger partial charge in [0.25, 0.3) is 0 Å². The number of aryl methyl sites for hydroxylation is 1. The molecule has 0 amide bonds. The molecule has 0 saturated carbocycles. The zero-order valence-corrected chi connectivity index (χ0v) is 11.1. The van der Waals surface area contributed by atoms with E-state index in [9.17, 15) is 0 Å². The monoisotopic (exact) mass is 267 g/mol. The molecule has 17 heavy (non-hydrogen) atoms. The summed E-state index contributed by atoms with van der Waals surface area (Å²) >= 11 is 7.55. The Morgan fingerprint density at radius 3 is 2.65 bits per heavy atom. The number of nitrogens with zero attached hydrogens (tertiary/aromatic N) is 2. The molecule has 2 N–H and O–H groups in total. The molecule has 0 spiro atoms. The average Bonchev–Trinajstić information content (AvgIpc) is 2.74. The number of thioether (sulfide) groups is 1. The number of hydrogen-bond donors (Lipinski definition) is 1. The smallest absolute Gasteiger partial charge is 0.0562 e. The molecule has 1 atom stereocenters. The van der Waals surface area contributed by atoms with Gasteiger partial charge in [-0.2, -0.15) is 5.10 Å². The Hall–Kier alpha value is -0.970. The highest BCUT2D eigenvalue weighted by atomic mass is 35.5. The molecular formula is C12H14ClN3S. The summed E-state index contributed by atoms with van der Waals surface area (Å²) < 4.78 is 1.81. The third-order valence-corrected chi connectivity index (χ3v) is 3.87. The van der Waals surface area contributed by atoms with Gasteiger partial charge in [0.15, 0.2) is 0 Å². The summed E-state index contributed by atoms with van der Waals surface area (Å²) in [7, 11) is 1.90. The Labute approximate surface area is 110 Å². The van der Waals surface area contributed by atoms with Crippen LogP contribution >= 0.6 is 23.4 Å². The molecule has 90 valence electrons. The summed E-state index contributed by atoms with van der Waals surface area (Å²) in [5.41, 5.74) is 7.16. The van der Waals surface area contributed by atoms with E-state index in [2.05, 4.69) is 5.10 Å². The molecule has 1 aromatic carbocycles. The van der Waals surface area contributed by atoms with Gasteiger partial charge in [-0.1, -0.05) is 11.6 Å². The van der Waals surface area contributed by atoms with Crippen molar-refractivity contribution in [3.63, 3.8) is 0 Å². The molecule has 2 aromatic rings. The standard InChI is InChI=1S/C12H14ClN3S/c1-16-12(6-7-15-16)11(14)8-17-10-4-2-9(13)3-5-10/h2-7,11H,8,14H2,1H3. The molecule has 0 fully saturated rings. The molecule has 1 aromatic heterocycles. The third-order valence-electron chi connectivity index (χ3n) is 2.48. The normalized spacial score (nSPS) is 12.6. The van der Waals surface area contributed by atoms with Gasteiger partial charge in [-0.05, 0) is 30.3 Å². The summed E-state index contributed by atoms with van der Waals surface area (Å²) in [4.78, 5) is 1.17. The molecule has 3 nitrogen and oxygen atoms in total. The van der Waals surface area contributed by atoms with Gasteiger partial charge in [-0.3, -0.25) is 4.68 Å². The minimum absolute atomic E-state index is 0.0109. The van der Waals surface area contributed by atoms with E-state index in [0.29, 0.717) is 0 Å². The number of nitrogens with two attached hydrogens (primary N) is 1. The highest BCUT2D eigenvalue weighted by Crippen LogP contribution is 2.24. The zero-order valence-electron chi connectivity index (χ0n) is 9.51. The zero-order chi connectivity index (χ0) is 12.3. The molecule has 0 bridgehead atoms. The highest BCUT2D eigenvalue weighted by Gasteiger charge is 2.10. The first-order valence-corrected chi connectivity index (χ1v) is 6.65. The lowest BCUT2D eigenvalue weighted by Crippen LogP contribution is -2.16. The van der Waals surface area contributed by atoms with Crippen molar-refractivity contribution < 1.29 is 0 Å². The Morgan fingerprint density at radius 1 is 1.35 bits per heavy atom. The fourth-order valence-electron chi connectivity index (χ4n) is 1.55. The maximum atomic E-state index is 6.11. The molecule has 1 unspecified atom stereocenters. The van der Waals surface area contributed by atoms with Gasteiger partial charge in [0.05, 0.1) is 11.7 Å². The minimum Gasteiger partial charge on any atom is -0.322 e. The van der Waals surface area contributed by atoms with Crippen LogP contribution in [0.3, 0.4) is 0 Å². The summed E-state index contributed by atoms with van der Waals surface area (Å²) in [5.74, 6) is 0.821. The van der Waals surface area contributed by atoms with Gasteiger partial charge in [0.2, 0.25) is 0 Å². The summed E-state index contributed by atoms with van der Waals surface area (Å²) in [6, 6.07) is 9.72. The quantitative estimate of drug-likeness (QED) is 0.867. The van der Waals surface area contributed by atoms with Crippen molar-refractivity contribution in [2.45, 2.75) is 10.9 Å². The predicted octanol–water partition coefficient (Wildman–Crippen LogP) is 2.87. The average molecular weight is 268 g/mol. The molecule has 0 saturated heterocycles. The predicted molar refractivity (Wildman–Crippen MR) is 72.3 cm³/mol. The molecule has 0 aliphatic carbocycles. The van der Waals surface area contributed by atoms with Crippen molar-refractivity contribution in [3.05, 3.63) is 47.2 Å². The lowest BCUT2D eigenvalue weighted by atomic mass is 10.2. The lowest BCUT2D eigenvalue weighted by molar-refractivity contribution is 0.659. The van der Waals surface area contributed by atoms with Crippen molar-refractivity contribution in [2.24, 2.45) is 12.8 Å². The van der Waals surface area contributed by atoms with Crippen LogP contribution in [0.2, 0.25) is 5.02 Å². The Kier molecular flexibility index (Phi) is 4.10. The maximum absolute atomic E-state index is 6.11. The van der Waals surface area contributed by atoms with Crippen molar-refractivity contribution >= 4 is 23.4 Å². The maximum Gasteiger partial charge on any atom is 0.0562 e. The van der Waals surface area contributed by atoms with E-state index < -0.39 is 0 Å². The number of hydrogen-bond acceptors (Lipinski definition) is 3. The van der Waals surface area contributed by atoms with E-state index in [-0.39, 0.29) is 6.04 Å². The van der Waals surface area contributed by atoms with E-state index in [4.69, 9.17) is 17.3 Å². The van der Waals surface area contributed by atoms with Crippen LogP contribution in [0.25, 0.3) is 0 Å². The second kappa shape index (κ2) is 5.58. The van der Waals surface area contributed by atoms with Crippen LogP contribution in [0.5, 0.6) is 0 Å². The largest absolute Gasteiger partial charge is 0.322 e. The van der Waals surface area contributed by atoms with Crippen molar-refractivity contribution in [3.8, 4) is 0 Å².